The molecule has 0 aliphatic carbocycles. The van der Waals surface area contributed by atoms with Crippen LogP contribution in [0.15, 0.2) is 28.7 Å². The quantitative estimate of drug-likeness (QED) is 0.859. The number of amides is 1. The molecule has 0 spiro atoms. The van der Waals surface area contributed by atoms with Gasteiger partial charge >= 0.3 is 0 Å². The summed E-state index contributed by atoms with van der Waals surface area (Å²) in [7, 11) is 1.71. The van der Waals surface area contributed by atoms with Crippen LogP contribution in [0.3, 0.4) is 0 Å². The van der Waals surface area contributed by atoms with Crippen LogP contribution < -0.4 is 0 Å². The molecule has 0 unspecified atom stereocenters. The third-order valence-corrected chi connectivity index (χ3v) is 5.08. The normalized spacial score (nSPS) is 25.0. The summed E-state index contributed by atoms with van der Waals surface area (Å²) in [6.45, 7) is 3.03. The van der Waals surface area contributed by atoms with E-state index in [4.69, 9.17) is 9.15 Å². The van der Waals surface area contributed by atoms with Gasteiger partial charge in [0.25, 0.3) is 0 Å². The van der Waals surface area contributed by atoms with Crippen LogP contribution >= 0.6 is 0 Å². The third-order valence-electron chi connectivity index (χ3n) is 5.08. The standard InChI is InChI=1S/C18H23N3O3/c1-23-13-10-15(18(22)20-8-4-5-9-20)21(11-13)12-17-19-14-6-2-3-7-16(14)24-17/h2-3,6-7,13,15H,4-5,8-12H2,1H3/t13-,15-/m0/s1. The average Bonchev–Trinajstić information content (AvgIpc) is 3.33. The molecule has 2 atom stereocenters. The van der Waals surface area contributed by atoms with Gasteiger partial charge in [0.15, 0.2) is 5.58 Å². The van der Waals surface area contributed by atoms with Gasteiger partial charge in [-0.05, 0) is 31.4 Å². The molecular weight excluding hydrogens is 306 g/mol. The van der Waals surface area contributed by atoms with E-state index >= 15 is 0 Å². The summed E-state index contributed by atoms with van der Waals surface area (Å²) in [4.78, 5) is 21.5. The summed E-state index contributed by atoms with van der Waals surface area (Å²) in [5, 5.41) is 0. The van der Waals surface area contributed by atoms with Gasteiger partial charge in [-0.1, -0.05) is 12.1 Å². The Bertz CT molecular complexity index is 690. The number of oxazole rings is 1. The van der Waals surface area contributed by atoms with E-state index in [1.54, 1.807) is 7.11 Å². The van der Waals surface area contributed by atoms with E-state index in [-0.39, 0.29) is 18.1 Å². The largest absolute Gasteiger partial charge is 0.439 e. The summed E-state index contributed by atoms with van der Waals surface area (Å²) in [6.07, 6.45) is 3.05. The second-order valence-corrected chi connectivity index (χ2v) is 6.65. The summed E-state index contributed by atoms with van der Waals surface area (Å²) in [5.41, 5.74) is 1.65. The van der Waals surface area contributed by atoms with Crippen LogP contribution in [0.5, 0.6) is 0 Å². The number of benzene rings is 1. The molecule has 2 aromatic rings. The Hall–Kier alpha value is -1.92. The number of fused-ring (bicyclic) bond motifs is 1. The number of para-hydroxylation sites is 2. The SMILES string of the molecule is CO[C@H]1C[C@@H](C(=O)N2CCCC2)N(Cc2nc3ccccc3o2)C1. The molecule has 2 aliphatic rings. The first-order valence-electron chi connectivity index (χ1n) is 8.64. The number of carbonyl (C=O) groups is 1. The molecule has 6 heteroatoms. The molecule has 6 nitrogen and oxygen atoms in total. The van der Waals surface area contributed by atoms with Crippen molar-refractivity contribution in [2.45, 2.75) is 38.0 Å². The number of ether oxygens (including phenoxy) is 1. The Morgan fingerprint density at radius 3 is 2.88 bits per heavy atom. The van der Waals surface area contributed by atoms with Gasteiger partial charge in [-0.15, -0.1) is 0 Å². The maximum absolute atomic E-state index is 12.9. The number of hydrogen-bond donors (Lipinski definition) is 0. The second kappa shape index (κ2) is 6.53. The van der Waals surface area contributed by atoms with Gasteiger partial charge in [0.2, 0.25) is 11.8 Å². The number of carbonyl (C=O) groups excluding carboxylic acids is 1. The van der Waals surface area contributed by atoms with Crippen LogP contribution in [-0.4, -0.2) is 59.6 Å². The van der Waals surface area contributed by atoms with Gasteiger partial charge in [-0.25, -0.2) is 4.98 Å². The predicted octanol–water partition coefficient (Wildman–Crippen LogP) is 2.04. The third kappa shape index (κ3) is 2.91. The minimum Gasteiger partial charge on any atom is -0.439 e. The molecule has 2 fully saturated rings. The van der Waals surface area contributed by atoms with E-state index in [1.807, 2.05) is 29.2 Å². The van der Waals surface area contributed by atoms with Gasteiger partial charge in [-0.2, -0.15) is 0 Å². The van der Waals surface area contributed by atoms with Gasteiger partial charge in [0.1, 0.15) is 5.52 Å². The fraction of sp³-hybridized carbons (Fsp3) is 0.556. The van der Waals surface area contributed by atoms with Crippen LogP contribution in [0.2, 0.25) is 0 Å². The highest BCUT2D eigenvalue weighted by molar-refractivity contribution is 5.82. The highest BCUT2D eigenvalue weighted by Gasteiger charge is 2.40. The molecule has 128 valence electrons. The van der Waals surface area contributed by atoms with E-state index in [2.05, 4.69) is 9.88 Å². The van der Waals surface area contributed by atoms with Crippen molar-refractivity contribution in [3.63, 3.8) is 0 Å². The molecule has 0 N–H and O–H groups in total. The molecule has 0 saturated carbocycles. The molecule has 0 bridgehead atoms. The fourth-order valence-corrected chi connectivity index (χ4v) is 3.77. The van der Waals surface area contributed by atoms with Crippen LogP contribution in [0.1, 0.15) is 25.2 Å². The van der Waals surface area contributed by atoms with Crippen molar-refractivity contribution in [3.8, 4) is 0 Å². The van der Waals surface area contributed by atoms with Crippen molar-refractivity contribution in [1.82, 2.24) is 14.8 Å². The van der Waals surface area contributed by atoms with Crippen LogP contribution in [-0.2, 0) is 16.1 Å². The predicted molar refractivity (Wildman–Crippen MR) is 89.4 cm³/mol. The Balaban J connectivity index is 1.53. The van der Waals surface area contributed by atoms with E-state index < -0.39 is 0 Å². The molecule has 1 aromatic heterocycles. The molecule has 2 aliphatic heterocycles. The zero-order valence-electron chi connectivity index (χ0n) is 14.0. The number of aromatic nitrogens is 1. The van der Waals surface area contributed by atoms with Crippen LogP contribution in [0.25, 0.3) is 11.1 Å². The van der Waals surface area contributed by atoms with Crippen molar-refractivity contribution in [1.29, 1.82) is 0 Å². The second-order valence-electron chi connectivity index (χ2n) is 6.65. The van der Waals surface area contributed by atoms with E-state index in [9.17, 15) is 4.79 Å². The van der Waals surface area contributed by atoms with Gasteiger partial charge < -0.3 is 14.1 Å². The molecular formula is C18H23N3O3. The lowest BCUT2D eigenvalue weighted by atomic mass is 10.1. The summed E-state index contributed by atoms with van der Waals surface area (Å²) in [5.74, 6) is 0.885. The maximum Gasteiger partial charge on any atom is 0.240 e. The summed E-state index contributed by atoms with van der Waals surface area (Å²) in [6, 6.07) is 7.61. The smallest absolute Gasteiger partial charge is 0.240 e. The molecule has 3 heterocycles. The van der Waals surface area contributed by atoms with Gasteiger partial charge in [-0.3, -0.25) is 9.69 Å². The molecule has 0 radical (unpaired) electrons. The number of hydrogen-bond acceptors (Lipinski definition) is 5. The van der Waals surface area contributed by atoms with Crippen molar-refractivity contribution in [3.05, 3.63) is 30.2 Å². The van der Waals surface area contributed by atoms with Gasteiger partial charge in [0.05, 0.1) is 18.7 Å². The minimum atomic E-state index is -0.136. The minimum absolute atomic E-state index is 0.0888. The molecule has 4 rings (SSSR count). The maximum atomic E-state index is 12.9. The highest BCUT2D eigenvalue weighted by Crippen LogP contribution is 2.26. The first-order chi connectivity index (χ1) is 11.7. The van der Waals surface area contributed by atoms with Crippen LogP contribution in [0.4, 0.5) is 0 Å². The van der Waals surface area contributed by atoms with Crippen molar-refractivity contribution >= 4 is 17.0 Å². The number of likely N-dealkylation sites (tertiary alicyclic amines) is 2. The topological polar surface area (TPSA) is 58.8 Å². The lowest BCUT2D eigenvalue weighted by Crippen LogP contribution is -2.44. The average molecular weight is 329 g/mol. The number of rotatable bonds is 4. The number of methoxy groups -OCH3 is 1. The Kier molecular flexibility index (Phi) is 4.24. The molecule has 24 heavy (non-hydrogen) atoms. The number of nitrogens with zero attached hydrogens (tertiary/aromatic N) is 3. The zero-order valence-corrected chi connectivity index (χ0v) is 14.0. The molecule has 1 aromatic carbocycles. The Morgan fingerprint density at radius 1 is 1.33 bits per heavy atom. The molecule has 2 saturated heterocycles. The lowest BCUT2D eigenvalue weighted by Gasteiger charge is -2.26. The zero-order chi connectivity index (χ0) is 16.5. The molecule has 1 amide bonds. The van der Waals surface area contributed by atoms with Gasteiger partial charge in [0, 0.05) is 26.7 Å². The first kappa shape index (κ1) is 15.6. The summed E-state index contributed by atoms with van der Waals surface area (Å²) < 4.78 is 11.4. The highest BCUT2D eigenvalue weighted by atomic mass is 16.5. The lowest BCUT2D eigenvalue weighted by molar-refractivity contribution is -0.135. The Labute approximate surface area is 141 Å². The van der Waals surface area contributed by atoms with Crippen LogP contribution in [0, 0.1) is 0 Å². The van der Waals surface area contributed by atoms with Crippen molar-refractivity contribution in [2.24, 2.45) is 0 Å². The Morgan fingerprint density at radius 2 is 2.12 bits per heavy atom. The fourth-order valence-electron chi connectivity index (χ4n) is 3.77. The van der Waals surface area contributed by atoms with Crippen molar-refractivity contribution in [2.75, 3.05) is 26.7 Å². The van der Waals surface area contributed by atoms with E-state index in [0.717, 1.165) is 50.0 Å². The summed E-state index contributed by atoms with van der Waals surface area (Å²) >= 11 is 0. The van der Waals surface area contributed by atoms with E-state index in [0.29, 0.717) is 12.4 Å². The monoisotopic (exact) mass is 329 g/mol. The van der Waals surface area contributed by atoms with Crippen molar-refractivity contribution < 1.29 is 13.9 Å². The first-order valence-corrected chi connectivity index (χ1v) is 8.64. The van der Waals surface area contributed by atoms with E-state index in [1.165, 1.54) is 0 Å².